The van der Waals surface area contributed by atoms with Gasteiger partial charge < -0.3 is 9.30 Å². The van der Waals surface area contributed by atoms with Gasteiger partial charge in [-0.2, -0.15) is 0 Å². The Morgan fingerprint density at radius 2 is 1.80 bits per heavy atom. The summed E-state index contributed by atoms with van der Waals surface area (Å²) in [7, 11) is 0. The van der Waals surface area contributed by atoms with Crippen LogP contribution in [0.4, 0.5) is 4.39 Å². The number of rotatable bonds is 6. The van der Waals surface area contributed by atoms with Crippen LogP contribution in [-0.4, -0.2) is 21.1 Å². The molecule has 2 aromatic heterocycles. The van der Waals surface area contributed by atoms with E-state index in [9.17, 15) is 4.39 Å². The maximum absolute atomic E-state index is 13.4. The third-order valence-corrected chi connectivity index (χ3v) is 5.52. The Hall–Kier alpha value is -3.31. The minimum atomic E-state index is -0.235. The maximum Gasteiger partial charge on any atom is 0.123 e. The molecular formula is C25H22FN3O. The van der Waals surface area contributed by atoms with E-state index in [4.69, 9.17) is 9.72 Å². The van der Waals surface area contributed by atoms with E-state index in [0.717, 1.165) is 46.7 Å². The largest absolute Gasteiger partial charge is 0.375 e. The molecule has 4 aromatic rings. The van der Waals surface area contributed by atoms with E-state index < -0.39 is 0 Å². The van der Waals surface area contributed by atoms with Crippen LogP contribution >= 0.6 is 0 Å². The van der Waals surface area contributed by atoms with Gasteiger partial charge >= 0.3 is 0 Å². The molecule has 0 radical (unpaired) electrons. The molecule has 0 bridgehead atoms. The molecule has 1 atom stereocenters. The number of pyridine rings is 1. The molecule has 4 nitrogen and oxygen atoms in total. The van der Waals surface area contributed by atoms with Gasteiger partial charge in [0.1, 0.15) is 11.6 Å². The normalized spacial score (nSPS) is 15.3. The summed E-state index contributed by atoms with van der Waals surface area (Å²) in [4.78, 5) is 9.18. The smallest absolute Gasteiger partial charge is 0.123 e. The maximum atomic E-state index is 13.4. The molecule has 3 heterocycles. The van der Waals surface area contributed by atoms with Crippen molar-refractivity contribution in [1.29, 1.82) is 0 Å². The molecule has 0 amide bonds. The van der Waals surface area contributed by atoms with Crippen LogP contribution in [0.1, 0.15) is 23.9 Å². The number of halogens is 1. The van der Waals surface area contributed by atoms with E-state index in [0.29, 0.717) is 13.2 Å². The minimum Gasteiger partial charge on any atom is -0.375 e. The standard InChI is InChI=1S/C25H22FN3O/c26-21-8-4-5-18(15-21)16-30-17-22-9-10-23-28-24(19-6-2-1-3-7-19)25(29(22)23)20-11-13-27-14-12-20/h1-8,11-15,22H,9-10,16-17H2. The highest BCUT2D eigenvalue weighted by Gasteiger charge is 2.30. The Bertz CT molecular complexity index is 1140. The SMILES string of the molecule is Fc1cccc(COCC2CCc3nc(-c4ccccc4)c(-c4ccncc4)n32)c1. The quantitative estimate of drug-likeness (QED) is 0.432. The molecular weight excluding hydrogens is 377 g/mol. The number of aryl methyl sites for hydroxylation is 1. The molecule has 150 valence electrons. The lowest BCUT2D eigenvalue weighted by molar-refractivity contribution is 0.0923. The molecule has 5 rings (SSSR count). The third-order valence-electron chi connectivity index (χ3n) is 5.52. The number of nitrogens with zero attached hydrogens (tertiary/aromatic N) is 3. The fourth-order valence-electron chi connectivity index (χ4n) is 4.15. The Morgan fingerprint density at radius 1 is 0.967 bits per heavy atom. The summed E-state index contributed by atoms with van der Waals surface area (Å²) in [6.45, 7) is 0.959. The van der Waals surface area contributed by atoms with Crippen LogP contribution < -0.4 is 0 Å². The average molecular weight is 399 g/mol. The topological polar surface area (TPSA) is 39.9 Å². The van der Waals surface area contributed by atoms with Gasteiger partial charge in [0, 0.05) is 29.9 Å². The first kappa shape index (κ1) is 18.7. The second-order valence-electron chi connectivity index (χ2n) is 7.53. The molecule has 1 unspecified atom stereocenters. The average Bonchev–Trinajstić information content (AvgIpc) is 3.35. The lowest BCUT2D eigenvalue weighted by Crippen LogP contribution is -2.13. The van der Waals surface area contributed by atoms with E-state index in [1.165, 1.54) is 12.1 Å². The first-order valence-corrected chi connectivity index (χ1v) is 10.2. The van der Waals surface area contributed by atoms with Crippen molar-refractivity contribution in [3.05, 3.63) is 96.3 Å². The van der Waals surface area contributed by atoms with Crippen LogP contribution in [0.25, 0.3) is 22.5 Å². The minimum absolute atomic E-state index is 0.196. The number of hydrogen-bond donors (Lipinski definition) is 0. The summed E-state index contributed by atoms with van der Waals surface area (Å²) in [6.07, 6.45) is 5.53. The van der Waals surface area contributed by atoms with Crippen molar-refractivity contribution >= 4 is 0 Å². The van der Waals surface area contributed by atoms with Gasteiger partial charge in [-0.05, 0) is 36.2 Å². The highest BCUT2D eigenvalue weighted by Crippen LogP contribution is 2.39. The first-order valence-electron chi connectivity index (χ1n) is 10.2. The van der Waals surface area contributed by atoms with Gasteiger partial charge in [-0.15, -0.1) is 0 Å². The van der Waals surface area contributed by atoms with E-state index in [-0.39, 0.29) is 11.9 Å². The van der Waals surface area contributed by atoms with Crippen LogP contribution in [0.3, 0.4) is 0 Å². The lowest BCUT2D eigenvalue weighted by Gasteiger charge is -2.18. The van der Waals surface area contributed by atoms with Crippen molar-refractivity contribution < 1.29 is 9.13 Å². The van der Waals surface area contributed by atoms with Crippen molar-refractivity contribution in [2.24, 2.45) is 0 Å². The number of aromatic nitrogens is 3. The number of benzene rings is 2. The highest BCUT2D eigenvalue weighted by molar-refractivity contribution is 5.79. The first-order chi connectivity index (χ1) is 14.8. The van der Waals surface area contributed by atoms with Crippen molar-refractivity contribution in [3.8, 4) is 22.5 Å². The predicted octanol–water partition coefficient (Wildman–Crippen LogP) is 5.46. The van der Waals surface area contributed by atoms with E-state index in [1.807, 2.05) is 48.8 Å². The van der Waals surface area contributed by atoms with Crippen LogP contribution in [-0.2, 0) is 17.8 Å². The zero-order valence-corrected chi connectivity index (χ0v) is 16.5. The van der Waals surface area contributed by atoms with E-state index >= 15 is 0 Å². The van der Waals surface area contributed by atoms with Gasteiger partial charge in [-0.25, -0.2) is 9.37 Å². The molecule has 30 heavy (non-hydrogen) atoms. The summed E-state index contributed by atoms with van der Waals surface area (Å²) in [5, 5.41) is 0. The van der Waals surface area contributed by atoms with Crippen molar-refractivity contribution in [1.82, 2.24) is 14.5 Å². The van der Waals surface area contributed by atoms with E-state index in [2.05, 4.69) is 21.7 Å². The lowest BCUT2D eigenvalue weighted by atomic mass is 10.0. The van der Waals surface area contributed by atoms with Crippen LogP contribution in [0, 0.1) is 5.82 Å². The van der Waals surface area contributed by atoms with Gasteiger partial charge in [-0.3, -0.25) is 4.98 Å². The number of fused-ring (bicyclic) bond motifs is 1. The zero-order valence-electron chi connectivity index (χ0n) is 16.5. The van der Waals surface area contributed by atoms with Crippen LogP contribution in [0.5, 0.6) is 0 Å². The molecule has 0 aliphatic carbocycles. The molecule has 0 saturated heterocycles. The summed E-state index contributed by atoms with van der Waals surface area (Å²) >= 11 is 0. The van der Waals surface area contributed by atoms with Crippen molar-refractivity contribution in [2.75, 3.05) is 6.61 Å². The number of hydrogen-bond acceptors (Lipinski definition) is 3. The Morgan fingerprint density at radius 3 is 2.60 bits per heavy atom. The van der Waals surface area contributed by atoms with Gasteiger partial charge in [0.05, 0.1) is 30.6 Å². The van der Waals surface area contributed by atoms with Crippen molar-refractivity contribution in [3.63, 3.8) is 0 Å². The molecule has 0 spiro atoms. The van der Waals surface area contributed by atoms with E-state index in [1.54, 1.807) is 6.07 Å². The molecule has 5 heteroatoms. The van der Waals surface area contributed by atoms with Crippen molar-refractivity contribution in [2.45, 2.75) is 25.5 Å². The predicted molar refractivity (Wildman–Crippen MR) is 114 cm³/mol. The molecule has 0 saturated carbocycles. The fraction of sp³-hybridized carbons (Fsp3) is 0.200. The number of ether oxygens (including phenoxy) is 1. The fourth-order valence-corrected chi connectivity index (χ4v) is 4.15. The Labute approximate surface area is 175 Å². The van der Waals surface area contributed by atoms with Crippen LogP contribution in [0.2, 0.25) is 0 Å². The molecule has 0 fully saturated rings. The summed E-state index contributed by atoms with van der Waals surface area (Å²) in [6, 6.07) is 21.1. The second-order valence-corrected chi connectivity index (χ2v) is 7.53. The summed E-state index contributed by atoms with van der Waals surface area (Å²) in [5.74, 6) is 0.848. The summed E-state index contributed by atoms with van der Waals surface area (Å²) < 4.78 is 21.7. The monoisotopic (exact) mass is 399 g/mol. The Balaban J connectivity index is 1.46. The third kappa shape index (κ3) is 3.64. The molecule has 1 aliphatic heterocycles. The van der Waals surface area contributed by atoms with Gasteiger partial charge in [0.25, 0.3) is 0 Å². The van der Waals surface area contributed by atoms with Gasteiger partial charge in [0.2, 0.25) is 0 Å². The van der Waals surface area contributed by atoms with Gasteiger partial charge in [-0.1, -0.05) is 42.5 Å². The molecule has 0 N–H and O–H groups in total. The summed E-state index contributed by atoms with van der Waals surface area (Å²) in [5.41, 5.74) is 5.14. The number of imidazole rings is 1. The van der Waals surface area contributed by atoms with Gasteiger partial charge in [0.15, 0.2) is 0 Å². The zero-order chi connectivity index (χ0) is 20.3. The van der Waals surface area contributed by atoms with Crippen LogP contribution in [0.15, 0.2) is 79.1 Å². The molecule has 2 aromatic carbocycles. The highest BCUT2D eigenvalue weighted by atomic mass is 19.1. The second kappa shape index (κ2) is 8.20. The molecule has 1 aliphatic rings. The Kier molecular flexibility index (Phi) is 5.11.